The van der Waals surface area contributed by atoms with Gasteiger partial charge in [-0.05, 0) is 13.0 Å². The smallest absolute Gasteiger partial charge is 0.417 e. The van der Waals surface area contributed by atoms with Crippen molar-refractivity contribution >= 4 is 5.97 Å². The van der Waals surface area contributed by atoms with Crippen LogP contribution in [-0.2, 0) is 9.53 Å². The molecule has 1 fully saturated rings. The van der Waals surface area contributed by atoms with E-state index in [-0.39, 0.29) is 5.56 Å². The van der Waals surface area contributed by atoms with Crippen LogP contribution in [0.3, 0.4) is 0 Å². The Kier molecular flexibility index (Phi) is 5.19. The molecule has 0 amide bonds. The third-order valence-corrected chi connectivity index (χ3v) is 4.87. The molecule has 1 aliphatic heterocycles. The number of hydrogen-bond donors (Lipinski definition) is 1. The molecule has 26 heavy (non-hydrogen) atoms. The Morgan fingerprint density at radius 3 is 2.35 bits per heavy atom. The average molecular weight is 386 g/mol. The molecule has 1 heterocycles. The van der Waals surface area contributed by atoms with Gasteiger partial charge in [0.2, 0.25) is 0 Å². The highest BCUT2D eigenvalue weighted by molar-refractivity contribution is 5.75. The van der Waals surface area contributed by atoms with Crippen LogP contribution in [0.1, 0.15) is 37.3 Å². The third kappa shape index (κ3) is 3.00. The van der Waals surface area contributed by atoms with Crippen molar-refractivity contribution in [3.8, 4) is 5.75 Å². The first-order chi connectivity index (χ1) is 11.9. The van der Waals surface area contributed by atoms with Gasteiger partial charge in [0, 0.05) is 17.4 Å². The molecule has 0 saturated carbocycles. The SMILES string of the molecule is COc1c([C@@H]2[C@@H](C(=O)O)O[C@@](C)(C(F)(F)F)[C@H]2C)ccc(F)c1C(F)F. The number of aliphatic carboxylic acids is 1. The summed E-state index contributed by atoms with van der Waals surface area (Å²) in [6.07, 6.45) is -10.2. The summed E-state index contributed by atoms with van der Waals surface area (Å²) in [5.74, 6) is -6.63. The molecule has 0 aromatic heterocycles. The topological polar surface area (TPSA) is 55.8 Å². The van der Waals surface area contributed by atoms with Crippen molar-refractivity contribution in [3.05, 3.63) is 29.1 Å². The third-order valence-electron chi connectivity index (χ3n) is 4.87. The summed E-state index contributed by atoms with van der Waals surface area (Å²) >= 11 is 0. The fourth-order valence-corrected chi connectivity index (χ4v) is 3.30. The van der Waals surface area contributed by atoms with Crippen molar-refractivity contribution in [1.82, 2.24) is 0 Å². The minimum Gasteiger partial charge on any atom is -0.496 e. The Morgan fingerprint density at radius 2 is 1.92 bits per heavy atom. The first-order valence-corrected chi connectivity index (χ1v) is 7.48. The molecule has 1 saturated heterocycles. The molecule has 0 spiro atoms. The van der Waals surface area contributed by atoms with E-state index in [1.807, 2.05) is 0 Å². The fraction of sp³-hybridized carbons (Fsp3) is 0.562. The van der Waals surface area contributed by atoms with Crippen molar-refractivity contribution in [3.63, 3.8) is 0 Å². The zero-order valence-electron chi connectivity index (χ0n) is 13.9. The lowest BCUT2D eigenvalue weighted by Gasteiger charge is -2.32. The second-order valence-corrected chi connectivity index (χ2v) is 6.18. The summed E-state index contributed by atoms with van der Waals surface area (Å²) in [5.41, 5.74) is -4.25. The second kappa shape index (κ2) is 6.64. The maximum Gasteiger partial charge on any atom is 0.417 e. The zero-order valence-corrected chi connectivity index (χ0v) is 13.9. The molecule has 1 aromatic rings. The van der Waals surface area contributed by atoms with Crippen LogP contribution in [0, 0.1) is 11.7 Å². The summed E-state index contributed by atoms with van der Waals surface area (Å²) in [6.45, 7) is 1.80. The van der Waals surface area contributed by atoms with Crippen molar-refractivity contribution in [2.75, 3.05) is 7.11 Å². The average Bonchev–Trinajstić information content (AvgIpc) is 2.79. The van der Waals surface area contributed by atoms with E-state index in [4.69, 9.17) is 9.47 Å². The van der Waals surface area contributed by atoms with Gasteiger partial charge in [0.1, 0.15) is 11.6 Å². The standard InChI is InChI=1S/C16H16F6O4/c1-6-9(12(14(23)24)26-15(6,2)16(20,21)22)7-4-5-8(17)10(13(18)19)11(7)25-3/h4-6,9,12-13H,1-3H3,(H,23,24)/t6-,9+,12-,15+/m0/s1. The van der Waals surface area contributed by atoms with Gasteiger partial charge < -0.3 is 14.6 Å². The van der Waals surface area contributed by atoms with Crippen molar-refractivity contribution < 1.29 is 45.7 Å². The highest BCUT2D eigenvalue weighted by Gasteiger charge is 2.66. The number of carboxylic acids is 1. The Hall–Kier alpha value is -1.97. The van der Waals surface area contributed by atoms with Crippen LogP contribution in [0.2, 0.25) is 0 Å². The van der Waals surface area contributed by atoms with Gasteiger partial charge in [0.05, 0.1) is 12.7 Å². The van der Waals surface area contributed by atoms with Crippen LogP contribution in [0.25, 0.3) is 0 Å². The molecule has 0 bridgehead atoms. The lowest BCUT2D eigenvalue weighted by molar-refractivity contribution is -0.273. The van der Waals surface area contributed by atoms with E-state index < -0.39 is 59.2 Å². The van der Waals surface area contributed by atoms with Crippen LogP contribution in [0.15, 0.2) is 12.1 Å². The molecular formula is C16H16F6O4. The van der Waals surface area contributed by atoms with Gasteiger partial charge >= 0.3 is 12.1 Å². The Balaban J connectivity index is 2.69. The highest BCUT2D eigenvalue weighted by atomic mass is 19.4. The van der Waals surface area contributed by atoms with E-state index in [1.165, 1.54) is 0 Å². The molecule has 1 N–H and O–H groups in total. The summed E-state index contributed by atoms with van der Waals surface area (Å²) in [6, 6.07) is 1.59. The lowest BCUT2D eigenvalue weighted by Crippen LogP contribution is -2.47. The normalized spacial score (nSPS) is 29.2. The van der Waals surface area contributed by atoms with Crippen LogP contribution in [0.5, 0.6) is 5.75 Å². The molecular weight excluding hydrogens is 370 g/mol. The quantitative estimate of drug-likeness (QED) is 0.785. The molecule has 1 aliphatic rings. The number of benzene rings is 1. The summed E-state index contributed by atoms with van der Waals surface area (Å²) < 4.78 is 90.1. The van der Waals surface area contributed by atoms with Gasteiger partial charge in [0.15, 0.2) is 11.7 Å². The Morgan fingerprint density at radius 1 is 1.35 bits per heavy atom. The van der Waals surface area contributed by atoms with Crippen LogP contribution in [0.4, 0.5) is 26.3 Å². The Labute approximate surface area is 144 Å². The maximum atomic E-state index is 13.8. The lowest BCUT2D eigenvalue weighted by atomic mass is 9.76. The van der Waals surface area contributed by atoms with Crippen LogP contribution >= 0.6 is 0 Å². The largest absolute Gasteiger partial charge is 0.496 e. The minimum absolute atomic E-state index is 0.280. The van der Waals surface area contributed by atoms with Gasteiger partial charge in [-0.15, -0.1) is 0 Å². The number of halogens is 6. The predicted molar refractivity (Wildman–Crippen MR) is 76.8 cm³/mol. The summed E-state index contributed by atoms with van der Waals surface area (Å²) in [7, 11) is 0.948. The van der Waals surface area contributed by atoms with E-state index in [0.717, 1.165) is 20.1 Å². The minimum atomic E-state index is -4.91. The van der Waals surface area contributed by atoms with E-state index >= 15 is 0 Å². The molecule has 4 nitrogen and oxygen atoms in total. The predicted octanol–water partition coefficient (Wildman–Crippen LogP) is 4.30. The number of rotatable bonds is 4. The van der Waals surface area contributed by atoms with Gasteiger partial charge in [-0.25, -0.2) is 18.0 Å². The number of methoxy groups -OCH3 is 1. The van der Waals surface area contributed by atoms with Crippen molar-refractivity contribution in [2.45, 2.75) is 44.1 Å². The van der Waals surface area contributed by atoms with E-state index in [1.54, 1.807) is 0 Å². The van der Waals surface area contributed by atoms with Gasteiger partial charge in [0.25, 0.3) is 6.43 Å². The van der Waals surface area contributed by atoms with Gasteiger partial charge in [-0.2, -0.15) is 13.2 Å². The molecule has 2 rings (SSSR count). The molecule has 1 aromatic carbocycles. The maximum absolute atomic E-state index is 13.8. The monoisotopic (exact) mass is 386 g/mol. The first kappa shape index (κ1) is 20.3. The summed E-state index contributed by atoms with van der Waals surface area (Å²) in [5, 5.41) is 9.30. The molecule has 10 heteroatoms. The van der Waals surface area contributed by atoms with E-state index in [0.29, 0.717) is 13.0 Å². The van der Waals surface area contributed by atoms with E-state index in [2.05, 4.69) is 0 Å². The fourth-order valence-electron chi connectivity index (χ4n) is 3.30. The van der Waals surface area contributed by atoms with E-state index in [9.17, 15) is 36.2 Å². The number of carbonyl (C=O) groups is 1. The van der Waals surface area contributed by atoms with Crippen molar-refractivity contribution in [2.24, 2.45) is 5.92 Å². The van der Waals surface area contributed by atoms with Gasteiger partial charge in [-0.3, -0.25) is 0 Å². The van der Waals surface area contributed by atoms with Crippen LogP contribution < -0.4 is 4.74 Å². The zero-order chi connectivity index (χ0) is 20.0. The Bertz CT molecular complexity index is 705. The number of hydrogen-bond acceptors (Lipinski definition) is 3. The molecule has 0 unspecified atom stereocenters. The number of carboxylic acid groups (broad SMARTS) is 1. The summed E-state index contributed by atoms with van der Waals surface area (Å²) in [4.78, 5) is 11.5. The van der Waals surface area contributed by atoms with Crippen LogP contribution in [-0.4, -0.2) is 36.1 Å². The van der Waals surface area contributed by atoms with Gasteiger partial charge in [-0.1, -0.05) is 13.0 Å². The highest BCUT2D eigenvalue weighted by Crippen LogP contribution is 2.55. The molecule has 146 valence electrons. The second-order valence-electron chi connectivity index (χ2n) is 6.18. The molecule has 4 atom stereocenters. The number of alkyl halides is 5. The first-order valence-electron chi connectivity index (χ1n) is 7.48. The molecule has 0 radical (unpaired) electrons. The number of ether oxygens (including phenoxy) is 2. The van der Waals surface area contributed by atoms with Crippen molar-refractivity contribution in [1.29, 1.82) is 0 Å². The molecule has 0 aliphatic carbocycles.